The molecule has 0 spiro atoms. The molecule has 5 heteroatoms. The number of aromatic carboxylic acids is 1. The number of pyridine rings is 1. The first-order chi connectivity index (χ1) is 6.61. The van der Waals surface area contributed by atoms with Crippen LogP contribution in [0.25, 0.3) is 5.65 Å². The van der Waals surface area contributed by atoms with E-state index in [9.17, 15) is 4.79 Å². The van der Waals surface area contributed by atoms with Gasteiger partial charge in [0.25, 0.3) is 0 Å². The third-order valence-corrected chi connectivity index (χ3v) is 2.50. The molecule has 1 N–H and O–H groups in total. The molecule has 0 aromatic carbocycles. The Morgan fingerprint density at radius 2 is 2.36 bits per heavy atom. The molecule has 0 unspecified atom stereocenters. The first kappa shape index (κ1) is 9.02. The van der Waals surface area contributed by atoms with Crippen molar-refractivity contribution >= 4 is 23.2 Å². The minimum absolute atomic E-state index is 0.113. The highest BCUT2D eigenvalue weighted by atomic mass is 35.5. The van der Waals surface area contributed by atoms with Crippen LogP contribution in [0.15, 0.2) is 18.5 Å². The van der Waals surface area contributed by atoms with Crippen LogP contribution in [-0.2, 0) is 0 Å². The highest BCUT2D eigenvalue weighted by Crippen LogP contribution is 2.21. The van der Waals surface area contributed by atoms with Crippen LogP contribution in [0, 0.1) is 6.92 Å². The molecule has 72 valence electrons. The monoisotopic (exact) mass is 210 g/mol. The van der Waals surface area contributed by atoms with Crippen molar-refractivity contribution in [1.29, 1.82) is 0 Å². The molecule has 0 bridgehead atoms. The Balaban J connectivity index is 2.83. The van der Waals surface area contributed by atoms with Gasteiger partial charge in [0.2, 0.25) is 0 Å². The van der Waals surface area contributed by atoms with Crippen molar-refractivity contribution in [2.45, 2.75) is 6.92 Å². The van der Waals surface area contributed by atoms with E-state index >= 15 is 0 Å². The molecule has 2 heterocycles. The molecule has 0 saturated carbocycles. The topological polar surface area (TPSA) is 54.6 Å². The smallest absolute Gasteiger partial charge is 0.354 e. The summed E-state index contributed by atoms with van der Waals surface area (Å²) in [5.74, 6) is -1.02. The molecule has 0 atom stereocenters. The summed E-state index contributed by atoms with van der Waals surface area (Å²) in [7, 11) is 0. The van der Waals surface area contributed by atoms with Gasteiger partial charge >= 0.3 is 5.97 Å². The van der Waals surface area contributed by atoms with E-state index < -0.39 is 5.97 Å². The Hall–Kier alpha value is -1.55. The van der Waals surface area contributed by atoms with Crippen LogP contribution < -0.4 is 0 Å². The molecule has 2 rings (SSSR count). The largest absolute Gasteiger partial charge is 0.477 e. The lowest BCUT2D eigenvalue weighted by Crippen LogP contribution is -2.01. The number of carboxylic acid groups (broad SMARTS) is 1. The summed E-state index contributed by atoms with van der Waals surface area (Å²) >= 11 is 5.97. The fourth-order valence-corrected chi connectivity index (χ4v) is 1.47. The van der Waals surface area contributed by atoms with Gasteiger partial charge in [-0.1, -0.05) is 11.6 Å². The Morgan fingerprint density at radius 1 is 1.64 bits per heavy atom. The van der Waals surface area contributed by atoms with Crippen LogP contribution in [0.3, 0.4) is 0 Å². The van der Waals surface area contributed by atoms with Gasteiger partial charge in [0.05, 0.1) is 11.2 Å². The van der Waals surface area contributed by atoms with Gasteiger partial charge < -0.3 is 5.11 Å². The maximum absolute atomic E-state index is 10.8. The zero-order chi connectivity index (χ0) is 10.3. The van der Waals surface area contributed by atoms with E-state index in [-0.39, 0.29) is 5.69 Å². The average Bonchev–Trinajstić information content (AvgIpc) is 2.55. The van der Waals surface area contributed by atoms with Gasteiger partial charge in [-0.2, -0.15) is 0 Å². The summed E-state index contributed by atoms with van der Waals surface area (Å²) in [6.45, 7) is 1.84. The number of rotatable bonds is 1. The van der Waals surface area contributed by atoms with Crippen molar-refractivity contribution in [1.82, 2.24) is 9.38 Å². The number of hydrogen-bond acceptors (Lipinski definition) is 2. The van der Waals surface area contributed by atoms with Gasteiger partial charge in [-0.25, -0.2) is 9.78 Å². The summed E-state index contributed by atoms with van der Waals surface area (Å²) in [6.07, 6.45) is 2.94. The summed E-state index contributed by atoms with van der Waals surface area (Å²) < 4.78 is 1.46. The summed E-state index contributed by atoms with van der Waals surface area (Å²) in [6, 6.07) is 1.75. The van der Waals surface area contributed by atoms with Crippen LogP contribution in [0.1, 0.15) is 16.1 Å². The quantitative estimate of drug-likeness (QED) is 0.783. The average molecular weight is 211 g/mol. The summed E-state index contributed by atoms with van der Waals surface area (Å²) in [4.78, 5) is 14.7. The van der Waals surface area contributed by atoms with Gasteiger partial charge in [0.15, 0.2) is 11.3 Å². The maximum atomic E-state index is 10.8. The van der Waals surface area contributed by atoms with Crippen LogP contribution in [-0.4, -0.2) is 20.5 Å². The highest BCUT2D eigenvalue weighted by molar-refractivity contribution is 6.34. The lowest BCUT2D eigenvalue weighted by atomic mass is 10.3. The SMILES string of the molecule is Cc1ccn2c(C(=O)O)cnc2c1Cl. The predicted octanol–water partition coefficient (Wildman–Crippen LogP) is 1.99. The molecule has 0 amide bonds. The van der Waals surface area contributed by atoms with Crippen LogP contribution >= 0.6 is 11.6 Å². The predicted molar refractivity (Wildman–Crippen MR) is 51.9 cm³/mol. The second-order valence-electron chi connectivity index (χ2n) is 2.95. The van der Waals surface area contributed by atoms with Crippen molar-refractivity contribution in [3.05, 3.63) is 34.7 Å². The minimum atomic E-state index is -1.02. The van der Waals surface area contributed by atoms with E-state index in [1.807, 2.05) is 6.92 Å². The van der Waals surface area contributed by atoms with Crippen molar-refractivity contribution in [2.24, 2.45) is 0 Å². The van der Waals surface area contributed by atoms with E-state index in [0.717, 1.165) is 5.56 Å². The van der Waals surface area contributed by atoms with Gasteiger partial charge in [-0.05, 0) is 18.6 Å². The maximum Gasteiger partial charge on any atom is 0.354 e. The number of hydrogen-bond donors (Lipinski definition) is 1. The van der Waals surface area contributed by atoms with E-state index in [4.69, 9.17) is 16.7 Å². The number of halogens is 1. The molecule has 2 aromatic heterocycles. The molecule has 0 saturated heterocycles. The van der Waals surface area contributed by atoms with E-state index in [2.05, 4.69) is 4.98 Å². The molecule has 14 heavy (non-hydrogen) atoms. The van der Waals surface area contributed by atoms with Crippen molar-refractivity contribution in [2.75, 3.05) is 0 Å². The molecule has 0 radical (unpaired) electrons. The van der Waals surface area contributed by atoms with Gasteiger partial charge in [-0.15, -0.1) is 0 Å². The second kappa shape index (κ2) is 2.99. The van der Waals surface area contributed by atoms with Crippen molar-refractivity contribution in [3.63, 3.8) is 0 Å². The molecule has 0 aliphatic carbocycles. The fourth-order valence-electron chi connectivity index (χ4n) is 1.27. The normalized spacial score (nSPS) is 10.7. The van der Waals surface area contributed by atoms with Gasteiger partial charge in [-0.3, -0.25) is 4.40 Å². The lowest BCUT2D eigenvalue weighted by molar-refractivity contribution is 0.0689. The first-order valence-corrected chi connectivity index (χ1v) is 4.34. The Bertz CT molecular complexity index is 519. The highest BCUT2D eigenvalue weighted by Gasteiger charge is 2.12. The number of imidazole rings is 1. The molecular weight excluding hydrogens is 204 g/mol. The lowest BCUT2D eigenvalue weighted by Gasteiger charge is -2.00. The zero-order valence-electron chi connectivity index (χ0n) is 7.36. The molecule has 0 aliphatic rings. The number of nitrogens with zero attached hydrogens (tertiary/aromatic N) is 2. The molecule has 2 aromatic rings. The van der Waals surface area contributed by atoms with Crippen molar-refractivity contribution < 1.29 is 9.90 Å². The number of aromatic nitrogens is 2. The number of aryl methyl sites for hydroxylation is 1. The van der Waals surface area contributed by atoms with E-state index in [0.29, 0.717) is 10.7 Å². The van der Waals surface area contributed by atoms with Crippen LogP contribution in [0.2, 0.25) is 5.02 Å². The van der Waals surface area contributed by atoms with Crippen LogP contribution in [0.4, 0.5) is 0 Å². The van der Waals surface area contributed by atoms with Gasteiger partial charge in [0.1, 0.15) is 0 Å². The third kappa shape index (κ3) is 1.15. The van der Waals surface area contributed by atoms with Gasteiger partial charge in [0, 0.05) is 6.20 Å². The Morgan fingerprint density at radius 3 is 3.00 bits per heavy atom. The van der Waals surface area contributed by atoms with E-state index in [1.54, 1.807) is 12.3 Å². The van der Waals surface area contributed by atoms with Crippen molar-refractivity contribution in [3.8, 4) is 0 Å². The number of fused-ring (bicyclic) bond motifs is 1. The molecular formula is C9H7ClN2O2. The summed E-state index contributed by atoms with van der Waals surface area (Å²) in [5.41, 5.74) is 1.47. The number of carboxylic acids is 1. The third-order valence-electron chi connectivity index (χ3n) is 2.03. The standard InChI is InChI=1S/C9H7ClN2O2/c1-5-2-3-12-6(9(13)14)4-11-8(12)7(5)10/h2-4H,1H3,(H,13,14). The Kier molecular flexibility index (Phi) is 1.93. The molecule has 0 aliphatic heterocycles. The fraction of sp³-hybridized carbons (Fsp3) is 0.111. The molecule has 4 nitrogen and oxygen atoms in total. The second-order valence-corrected chi connectivity index (χ2v) is 3.33. The van der Waals surface area contributed by atoms with Crippen LogP contribution in [0.5, 0.6) is 0 Å². The van der Waals surface area contributed by atoms with E-state index in [1.165, 1.54) is 10.6 Å². The molecule has 0 fully saturated rings. The summed E-state index contributed by atoms with van der Waals surface area (Å²) in [5, 5.41) is 9.31. The minimum Gasteiger partial charge on any atom is -0.477 e. The zero-order valence-corrected chi connectivity index (χ0v) is 8.12. The Labute approximate surface area is 84.8 Å². The first-order valence-electron chi connectivity index (χ1n) is 3.96. The number of carbonyl (C=O) groups is 1.